The average Bonchev–Trinajstić information content (AvgIpc) is 2.81. The summed E-state index contributed by atoms with van der Waals surface area (Å²) in [6, 6.07) is 16.3. The Kier molecular flexibility index (Phi) is 6.40. The predicted molar refractivity (Wildman–Crippen MR) is 123 cm³/mol. The maximum absolute atomic E-state index is 13.3. The summed E-state index contributed by atoms with van der Waals surface area (Å²) in [6.45, 7) is 2.85. The van der Waals surface area contributed by atoms with Gasteiger partial charge in [-0.05, 0) is 59.5 Å². The maximum atomic E-state index is 13.3. The highest BCUT2D eigenvalue weighted by molar-refractivity contribution is 6.31. The fraction of sp³-hybridized carbons (Fsp3) is 0.154. The lowest BCUT2D eigenvalue weighted by atomic mass is 9.91. The van der Waals surface area contributed by atoms with Gasteiger partial charge in [0.1, 0.15) is 5.82 Å². The maximum Gasteiger partial charge on any atom is 0.260 e. The number of nitrogens with one attached hydrogen (secondary N) is 2. The third-order valence-electron chi connectivity index (χ3n) is 5.24. The molecule has 2 amide bonds. The lowest BCUT2D eigenvalue weighted by Gasteiger charge is -2.19. The third-order valence-corrected chi connectivity index (χ3v) is 5.24. The molecular formula is C26H23FN2O4. The predicted octanol–water partition coefficient (Wildman–Crippen LogP) is 4.39. The molecule has 33 heavy (non-hydrogen) atoms. The van der Waals surface area contributed by atoms with Crippen LogP contribution >= 0.6 is 0 Å². The standard InChI is InChI=1S/C26H23FN2O4/c1-2-11-33-24-10-3-16(12-23(24)30)14-28-15-22-21-13-18(17-4-7-19(27)8-5-17)6-9-20(21)25(31)29-26(22)32/h3-10,12-13,15,28,30H,2,11,14H2,1H3,(H,29,31,32). The number of halogens is 1. The summed E-state index contributed by atoms with van der Waals surface area (Å²) in [6.07, 6.45) is 2.39. The van der Waals surface area contributed by atoms with Crippen LogP contribution in [0, 0.1) is 5.82 Å². The van der Waals surface area contributed by atoms with E-state index in [0.29, 0.717) is 35.6 Å². The van der Waals surface area contributed by atoms with E-state index in [9.17, 15) is 19.1 Å². The highest BCUT2D eigenvalue weighted by Crippen LogP contribution is 2.30. The zero-order valence-electron chi connectivity index (χ0n) is 18.0. The fourth-order valence-electron chi connectivity index (χ4n) is 3.57. The molecule has 1 aliphatic heterocycles. The number of carbonyl (C=O) groups excluding carboxylic acids is 2. The van der Waals surface area contributed by atoms with Crippen molar-refractivity contribution in [2.24, 2.45) is 0 Å². The summed E-state index contributed by atoms with van der Waals surface area (Å²) in [5.41, 5.74) is 3.50. The molecule has 7 heteroatoms. The van der Waals surface area contributed by atoms with E-state index in [2.05, 4.69) is 10.6 Å². The van der Waals surface area contributed by atoms with Crippen molar-refractivity contribution in [1.29, 1.82) is 0 Å². The number of hydrogen-bond donors (Lipinski definition) is 3. The minimum Gasteiger partial charge on any atom is -0.504 e. The number of hydrogen-bond acceptors (Lipinski definition) is 5. The number of rotatable bonds is 7. The summed E-state index contributed by atoms with van der Waals surface area (Å²) in [7, 11) is 0. The zero-order chi connectivity index (χ0) is 23.4. The SMILES string of the molecule is CCCOc1ccc(CNC=C2C(=O)NC(=O)c3ccc(-c4ccc(F)cc4)cc32)cc1O. The molecule has 1 heterocycles. The van der Waals surface area contributed by atoms with Crippen molar-refractivity contribution < 1.29 is 23.8 Å². The second kappa shape index (κ2) is 9.56. The number of fused-ring (bicyclic) bond motifs is 1. The van der Waals surface area contributed by atoms with Crippen LogP contribution < -0.4 is 15.4 Å². The first-order chi connectivity index (χ1) is 16.0. The molecule has 3 aromatic rings. The van der Waals surface area contributed by atoms with E-state index in [0.717, 1.165) is 23.1 Å². The number of imide groups is 1. The van der Waals surface area contributed by atoms with Gasteiger partial charge in [0.15, 0.2) is 11.5 Å². The van der Waals surface area contributed by atoms with E-state index < -0.39 is 11.8 Å². The van der Waals surface area contributed by atoms with Crippen molar-refractivity contribution in [1.82, 2.24) is 10.6 Å². The molecule has 0 saturated carbocycles. The number of phenolic OH excluding ortho intramolecular Hbond substituents is 1. The molecule has 6 nitrogen and oxygen atoms in total. The first-order valence-electron chi connectivity index (χ1n) is 10.6. The van der Waals surface area contributed by atoms with Gasteiger partial charge in [-0.2, -0.15) is 0 Å². The lowest BCUT2D eigenvalue weighted by molar-refractivity contribution is -0.114. The number of phenols is 1. The zero-order valence-corrected chi connectivity index (χ0v) is 18.0. The Bertz CT molecular complexity index is 1240. The summed E-state index contributed by atoms with van der Waals surface area (Å²) >= 11 is 0. The quantitative estimate of drug-likeness (QED) is 0.370. The number of carbonyl (C=O) groups is 2. The first-order valence-corrected chi connectivity index (χ1v) is 10.6. The summed E-state index contributed by atoms with van der Waals surface area (Å²) in [5, 5.41) is 15.6. The Balaban J connectivity index is 1.58. The number of aromatic hydroxyl groups is 1. The largest absolute Gasteiger partial charge is 0.504 e. The van der Waals surface area contributed by atoms with Crippen LogP contribution in [0.2, 0.25) is 0 Å². The van der Waals surface area contributed by atoms with Gasteiger partial charge in [0.25, 0.3) is 11.8 Å². The van der Waals surface area contributed by atoms with E-state index in [1.54, 1.807) is 48.7 Å². The average molecular weight is 446 g/mol. The van der Waals surface area contributed by atoms with Crippen molar-refractivity contribution in [3.05, 3.63) is 89.4 Å². The second-order valence-corrected chi connectivity index (χ2v) is 7.64. The Hall–Kier alpha value is -4.13. The molecular weight excluding hydrogens is 423 g/mol. The topological polar surface area (TPSA) is 87.7 Å². The molecule has 0 atom stereocenters. The Morgan fingerprint density at radius 2 is 1.73 bits per heavy atom. The van der Waals surface area contributed by atoms with E-state index in [4.69, 9.17) is 4.74 Å². The van der Waals surface area contributed by atoms with E-state index >= 15 is 0 Å². The van der Waals surface area contributed by atoms with Gasteiger partial charge in [-0.15, -0.1) is 0 Å². The Labute approximate surface area is 190 Å². The van der Waals surface area contributed by atoms with Gasteiger partial charge in [-0.3, -0.25) is 14.9 Å². The number of benzene rings is 3. The molecule has 0 aromatic heterocycles. The van der Waals surface area contributed by atoms with E-state index in [1.807, 2.05) is 13.0 Å². The van der Waals surface area contributed by atoms with Crippen LogP contribution in [-0.2, 0) is 11.3 Å². The summed E-state index contributed by atoms with van der Waals surface area (Å²) < 4.78 is 18.8. The van der Waals surface area contributed by atoms with Crippen molar-refractivity contribution in [3.8, 4) is 22.6 Å². The van der Waals surface area contributed by atoms with Crippen LogP contribution in [0.1, 0.15) is 34.8 Å². The second-order valence-electron chi connectivity index (χ2n) is 7.64. The highest BCUT2D eigenvalue weighted by Gasteiger charge is 2.27. The molecule has 0 saturated heterocycles. The minimum absolute atomic E-state index is 0.0469. The Morgan fingerprint density at radius 1 is 0.970 bits per heavy atom. The van der Waals surface area contributed by atoms with Gasteiger partial charge in [0.2, 0.25) is 0 Å². The highest BCUT2D eigenvalue weighted by atomic mass is 19.1. The molecule has 0 fully saturated rings. The molecule has 0 aliphatic carbocycles. The van der Waals surface area contributed by atoms with Crippen LogP contribution in [0.25, 0.3) is 16.7 Å². The number of amides is 2. The van der Waals surface area contributed by atoms with Gasteiger partial charge in [0.05, 0.1) is 12.2 Å². The third kappa shape index (κ3) is 4.87. The molecule has 3 N–H and O–H groups in total. The fourth-order valence-corrected chi connectivity index (χ4v) is 3.57. The van der Waals surface area contributed by atoms with Gasteiger partial charge in [-0.1, -0.05) is 31.2 Å². The molecule has 4 rings (SSSR count). The molecule has 168 valence electrons. The van der Waals surface area contributed by atoms with Crippen LogP contribution in [0.15, 0.2) is 66.9 Å². The van der Waals surface area contributed by atoms with Crippen LogP contribution in [0.3, 0.4) is 0 Å². The summed E-state index contributed by atoms with van der Waals surface area (Å²) in [4.78, 5) is 24.9. The molecule has 0 bridgehead atoms. The van der Waals surface area contributed by atoms with E-state index in [-0.39, 0.29) is 11.6 Å². The van der Waals surface area contributed by atoms with Gasteiger partial charge < -0.3 is 15.2 Å². The van der Waals surface area contributed by atoms with Crippen LogP contribution in [0.5, 0.6) is 11.5 Å². The van der Waals surface area contributed by atoms with Gasteiger partial charge in [0, 0.05) is 23.9 Å². The molecule has 1 aliphatic rings. The molecule has 0 radical (unpaired) electrons. The normalized spacial score (nSPS) is 14.1. The molecule has 0 unspecified atom stereocenters. The smallest absolute Gasteiger partial charge is 0.260 e. The van der Waals surface area contributed by atoms with Crippen LogP contribution in [-0.4, -0.2) is 23.5 Å². The monoisotopic (exact) mass is 446 g/mol. The van der Waals surface area contributed by atoms with Crippen molar-refractivity contribution >= 4 is 17.4 Å². The van der Waals surface area contributed by atoms with Gasteiger partial charge >= 0.3 is 0 Å². The van der Waals surface area contributed by atoms with Crippen molar-refractivity contribution in [2.45, 2.75) is 19.9 Å². The van der Waals surface area contributed by atoms with Crippen molar-refractivity contribution in [2.75, 3.05) is 6.61 Å². The van der Waals surface area contributed by atoms with Crippen molar-refractivity contribution in [3.63, 3.8) is 0 Å². The van der Waals surface area contributed by atoms with E-state index in [1.165, 1.54) is 12.1 Å². The van der Waals surface area contributed by atoms with Gasteiger partial charge in [-0.25, -0.2) is 4.39 Å². The van der Waals surface area contributed by atoms with Crippen LogP contribution in [0.4, 0.5) is 4.39 Å². The first kappa shape index (κ1) is 22.1. The molecule has 0 spiro atoms. The lowest BCUT2D eigenvalue weighted by Crippen LogP contribution is -2.37. The summed E-state index contributed by atoms with van der Waals surface area (Å²) in [5.74, 6) is -0.850. The Morgan fingerprint density at radius 3 is 2.45 bits per heavy atom. The number of ether oxygens (including phenoxy) is 1. The minimum atomic E-state index is -0.512. The molecule has 3 aromatic carbocycles.